The third-order valence-electron chi connectivity index (χ3n) is 4.31. The van der Waals surface area contributed by atoms with Crippen molar-refractivity contribution in [2.45, 2.75) is 25.3 Å². The summed E-state index contributed by atoms with van der Waals surface area (Å²) in [5.41, 5.74) is 0.0522. The van der Waals surface area contributed by atoms with Crippen molar-refractivity contribution in [3.8, 4) is 0 Å². The van der Waals surface area contributed by atoms with E-state index < -0.39 is 11.6 Å². The van der Waals surface area contributed by atoms with Gasteiger partial charge in [-0.2, -0.15) is 0 Å². The molecule has 0 aliphatic carbocycles. The summed E-state index contributed by atoms with van der Waals surface area (Å²) in [6.07, 6.45) is 3.84. The van der Waals surface area contributed by atoms with Gasteiger partial charge in [0.05, 0.1) is 0 Å². The van der Waals surface area contributed by atoms with E-state index in [2.05, 4.69) is 4.90 Å². The van der Waals surface area contributed by atoms with Gasteiger partial charge < -0.3 is 4.90 Å². The second kappa shape index (κ2) is 5.48. The Bertz CT molecular complexity index is 492. The molecule has 3 rings (SSSR count). The molecule has 1 atom stereocenters. The van der Waals surface area contributed by atoms with Crippen molar-refractivity contribution in [3.63, 3.8) is 0 Å². The van der Waals surface area contributed by atoms with Crippen molar-refractivity contribution in [2.24, 2.45) is 0 Å². The van der Waals surface area contributed by atoms with E-state index in [0.717, 1.165) is 31.6 Å². The van der Waals surface area contributed by atoms with Gasteiger partial charge in [-0.15, -0.1) is 0 Å². The molecule has 108 valence electrons. The maximum Gasteiger partial charge on any atom is 0.150 e. The van der Waals surface area contributed by atoms with Crippen LogP contribution >= 0.6 is 0 Å². The standard InChI is InChI=1S/C15H18F2N2O/c16-13-7-11(10-20)8-14(17)15(13)19-6-3-12(9-19)18-4-1-2-5-18/h7-8,10,12H,1-6,9H2. The third kappa shape index (κ3) is 2.42. The van der Waals surface area contributed by atoms with Crippen LogP contribution < -0.4 is 4.90 Å². The van der Waals surface area contributed by atoms with Gasteiger partial charge >= 0.3 is 0 Å². The summed E-state index contributed by atoms with van der Waals surface area (Å²) < 4.78 is 28.0. The highest BCUT2D eigenvalue weighted by Gasteiger charge is 2.31. The van der Waals surface area contributed by atoms with Crippen LogP contribution in [0.25, 0.3) is 0 Å². The van der Waals surface area contributed by atoms with Crippen LogP contribution in [0, 0.1) is 11.6 Å². The number of nitrogens with zero attached hydrogens (tertiary/aromatic N) is 2. The van der Waals surface area contributed by atoms with E-state index in [-0.39, 0.29) is 11.3 Å². The molecule has 5 heteroatoms. The molecule has 3 nitrogen and oxygen atoms in total. The molecule has 0 spiro atoms. The molecular formula is C15H18F2N2O. The fourth-order valence-corrected chi connectivity index (χ4v) is 3.30. The van der Waals surface area contributed by atoms with Crippen LogP contribution in [-0.4, -0.2) is 43.4 Å². The van der Waals surface area contributed by atoms with Crippen LogP contribution in [0.3, 0.4) is 0 Å². The maximum atomic E-state index is 14.0. The molecule has 2 fully saturated rings. The Morgan fingerprint density at radius 2 is 1.75 bits per heavy atom. The number of likely N-dealkylation sites (tertiary alicyclic amines) is 1. The lowest BCUT2D eigenvalue weighted by Crippen LogP contribution is -2.35. The maximum absolute atomic E-state index is 14.0. The summed E-state index contributed by atoms with van der Waals surface area (Å²) in [7, 11) is 0. The zero-order valence-electron chi connectivity index (χ0n) is 11.3. The van der Waals surface area contributed by atoms with Gasteiger partial charge in [0.1, 0.15) is 23.6 Å². The molecule has 0 amide bonds. The van der Waals surface area contributed by atoms with E-state index in [9.17, 15) is 13.6 Å². The molecule has 0 aromatic heterocycles. The van der Waals surface area contributed by atoms with Crippen molar-refractivity contribution in [3.05, 3.63) is 29.3 Å². The minimum Gasteiger partial charge on any atom is -0.365 e. The number of carbonyl (C=O) groups excluding carboxylic acids is 1. The highest BCUT2D eigenvalue weighted by atomic mass is 19.1. The molecular weight excluding hydrogens is 262 g/mol. The first-order valence-corrected chi connectivity index (χ1v) is 7.12. The molecule has 0 saturated carbocycles. The van der Waals surface area contributed by atoms with E-state index >= 15 is 0 Å². The van der Waals surface area contributed by atoms with Crippen molar-refractivity contribution in [1.82, 2.24) is 4.90 Å². The Labute approximate surface area is 117 Å². The van der Waals surface area contributed by atoms with Crippen LogP contribution in [0.4, 0.5) is 14.5 Å². The van der Waals surface area contributed by atoms with Crippen molar-refractivity contribution in [1.29, 1.82) is 0 Å². The highest BCUT2D eigenvalue weighted by molar-refractivity contribution is 5.76. The average Bonchev–Trinajstić information content (AvgIpc) is 3.08. The van der Waals surface area contributed by atoms with E-state index in [1.165, 1.54) is 12.8 Å². The van der Waals surface area contributed by atoms with Crippen LogP contribution in [0.5, 0.6) is 0 Å². The van der Waals surface area contributed by atoms with Gasteiger partial charge in [0.15, 0.2) is 0 Å². The zero-order valence-corrected chi connectivity index (χ0v) is 11.3. The molecule has 0 bridgehead atoms. The summed E-state index contributed by atoms with van der Waals surface area (Å²) in [5, 5.41) is 0. The molecule has 0 radical (unpaired) electrons. The average molecular weight is 280 g/mol. The normalized spacial score (nSPS) is 23.5. The van der Waals surface area contributed by atoms with Gasteiger partial charge in [0, 0.05) is 24.7 Å². The van der Waals surface area contributed by atoms with Crippen LogP contribution in [-0.2, 0) is 0 Å². The quantitative estimate of drug-likeness (QED) is 0.795. The Balaban J connectivity index is 1.78. The highest BCUT2D eigenvalue weighted by Crippen LogP contribution is 2.30. The van der Waals surface area contributed by atoms with Crippen LogP contribution in [0.1, 0.15) is 29.6 Å². The first-order valence-electron chi connectivity index (χ1n) is 7.12. The number of hydrogen-bond acceptors (Lipinski definition) is 3. The molecule has 2 aliphatic rings. The topological polar surface area (TPSA) is 23.6 Å². The van der Waals surface area contributed by atoms with E-state index in [1.54, 1.807) is 4.90 Å². The van der Waals surface area contributed by atoms with Gasteiger partial charge in [-0.1, -0.05) is 0 Å². The Kier molecular flexibility index (Phi) is 3.70. The molecule has 1 unspecified atom stereocenters. The number of aldehydes is 1. The fourth-order valence-electron chi connectivity index (χ4n) is 3.30. The number of carbonyl (C=O) groups is 1. The van der Waals surface area contributed by atoms with Crippen molar-refractivity contribution < 1.29 is 13.6 Å². The summed E-state index contributed by atoms with van der Waals surface area (Å²) >= 11 is 0. The second-order valence-electron chi connectivity index (χ2n) is 5.58. The lowest BCUT2D eigenvalue weighted by Gasteiger charge is -2.25. The van der Waals surface area contributed by atoms with Gasteiger partial charge in [-0.3, -0.25) is 9.69 Å². The molecule has 1 aromatic carbocycles. The van der Waals surface area contributed by atoms with Crippen LogP contribution in [0.15, 0.2) is 12.1 Å². The van der Waals surface area contributed by atoms with Crippen LogP contribution in [0.2, 0.25) is 0 Å². The molecule has 2 heterocycles. The predicted octanol–water partition coefficient (Wildman–Crippen LogP) is 2.45. The van der Waals surface area contributed by atoms with E-state index in [0.29, 0.717) is 25.4 Å². The first kappa shape index (κ1) is 13.5. The summed E-state index contributed by atoms with van der Waals surface area (Å²) in [6, 6.07) is 2.60. The molecule has 2 aliphatic heterocycles. The summed E-state index contributed by atoms with van der Waals surface area (Å²) in [5.74, 6) is -1.29. The lowest BCUT2D eigenvalue weighted by atomic mass is 10.2. The molecule has 0 N–H and O–H groups in total. The largest absolute Gasteiger partial charge is 0.365 e. The Morgan fingerprint density at radius 3 is 2.35 bits per heavy atom. The smallest absolute Gasteiger partial charge is 0.150 e. The monoisotopic (exact) mass is 280 g/mol. The number of anilines is 1. The SMILES string of the molecule is O=Cc1cc(F)c(N2CCC(N3CCCC3)C2)c(F)c1. The minimum absolute atomic E-state index is 0.0114. The molecule has 2 saturated heterocycles. The van der Waals surface area contributed by atoms with E-state index in [1.807, 2.05) is 0 Å². The van der Waals surface area contributed by atoms with Gasteiger partial charge in [-0.05, 0) is 44.5 Å². The Hall–Kier alpha value is -1.49. The van der Waals surface area contributed by atoms with Crippen molar-refractivity contribution >= 4 is 12.0 Å². The zero-order chi connectivity index (χ0) is 14.1. The number of hydrogen-bond donors (Lipinski definition) is 0. The van der Waals surface area contributed by atoms with E-state index in [4.69, 9.17) is 0 Å². The second-order valence-corrected chi connectivity index (χ2v) is 5.58. The number of rotatable bonds is 3. The predicted molar refractivity (Wildman–Crippen MR) is 73.2 cm³/mol. The lowest BCUT2D eigenvalue weighted by molar-refractivity contribution is 0.112. The molecule has 20 heavy (non-hydrogen) atoms. The number of halogens is 2. The van der Waals surface area contributed by atoms with Gasteiger partial charge in [0.25, 0.3) is 0 Å². The first-order chi connectivity index (χ1) is 9.69. The summed E-state index contributed by atoms with van der Waals surface area (Å²) in [6.45, 7) is 3.50. The Morgan fingerprint density at radius 1 is 1.10 bits per heavy atom. The third-order valence-corrected chi connectivity index (χ3v) is 4.31. The minimum atomic E-state index is -0.644. The van der Waals surface area contributed by atoms with Gasteiger partial charge in [0.2, 0.25) is 0 Å². The molecule has 1 aromatic rings. The van der Waals surface area contributed by atoms with Crippen molar-refractivity contribution in [2.75, 3.05) is 31.1 Å². The number of benzene rings is 1. The summed E-state index contributed by atoms with van der Waals surface area (Å²) in [4.78, 5) is 14.8. The van der Waals surface area contributed by atoms with Gasteiger partial charge in [-0.25, -0.2) is 8.78 Å². The fraction of sp³-hybridized carbons (Fsp3) is 0.533.